The zero-order chi connectivity index (χ0) is 13.7. The topological polar surface area (TPSA) is 55.9 Å². The summed E-state index contributed by atoms with van der Waals surface area (Å²) in [6.45, 7) is 2.12. The van der Waals surface area contributed by atoms with Crippen molar-refractivity contribution in [1.82, 2.24) is 15.2 Å². The molecule has 1 aromatic heterocycles. The van der Waals surface area contributed by atoms with Crippen molar-refractivity contribution in [2.24, 2.45) is 12.9 Å². The number of hydrogen-bond acceptors (Lipinski definition) is 3. The van der Waals surface area contributed by atoms with Gasteiger partial charge in [0.15, 0.2) is 0 Å². The van der Waals surface area contributed by atoms with Crippen LogP contribution in [-0.4, -0.2) is 15.8 Å². The largest absolute Gasteiger partial charge is 0.272 e. The second kappa shape index (κ2) is 6.50. The molecule has 2 aromatic rings. The fourth-order valence-corrected chi connectivity index (χ4v) is 2.28. The molecule has 3 N–H and O–H groups in total. The zero-order valence-corrected chi connectivity index (χ0v) is 11.6. The number of hydrazine groups is 1. The van der Waals surface area contributed by atoms with Crippen LogP contribution in [-0.2, 0) is 26.3 Å². The van der Waals surface area contributed by atoms with Crippen LogP contribution in [0.3, 0.4) is 0 Å². The Labute approximate surface area is 114 Å². The van der Waals surface area contributed by atoms with E-state index in [2.05, 4.69) is 47.8 Å². The molecule has 0 radical (unpaired) electrons. The van der Waals surface area contributed by atoms with Crippen LogP contribution in [0, 0.1) is 0 Å². The number of hydrogen-bond donors (Lipinski definition) is 2. The van der Waals surface area contributed by atoms with E-state index in [1.54, 1.807) is 0 Å². The monoisotopic (exact) mass is 258 g/mol. The Balaban J connectivity index is 2.04. The van der Waals surface area contributed by atoms with E-state index in [0.29, 0.717) is 0 Å². The summed E-state index contributed by atoms with van der Waals surface area (Å²) in [5, 5.41) is 4.47. The van der Waals surface area contributed by atoms with Crippen LogP contribution in [0.25, 0.3) is 0 Å². The van der Waals surface area contributed by atoms with Crippen molar-refractivity contribution in [3.63, 3.8) is 0 Å². The third-order valence-electron chi connectivity index (χ3n) is 3.41. The van der Waals surface area contributed by atoms with Crippen LogP contribution < -0.4 is 11.3 Å². The van der Waals surface area contributed by atoms with Crippen LogP contribution in [0.15, 0.2) is 36.4 Å². The van der Waals surface area contributed by atoms with Gasteiger partial charge in [0.05, 0.1) is 5.69 Å². The molecule has 0 fully saturated rings. The van der Waals surface area contributed by atoms with E-state index in [0.717, 1.165) is 25.0 Å². The maximum absolute atomic E-state index is 5.68. The summed E-state index contributed by atoms with van der Waals surface area (Å²) in [6, 6.07) is 12.8. The number of nitrogens with two attached hydrogens (primary N) is 1. The van der Waals surface area contributed by atoms with Gasteiger partial charge in [-0.3, -0.25) is 16.0 Å². The zero-order valence-electron chi connectivity index (χ0n) is 11.6. The minimum absolute atomic E-state index is 0.225. The molecule has 4 nitrogen and oxygen atoms in total. The molecule has 4 heteroatoms. The van der Waals surface area contributed by atoms with E-state index in [-0.39, 0.29) is 6.04 Å². The maximum atomic E-state index is 5.68. The predicted molar refractivity (Wildman–Crippen MR) is 77.5 cm³/mol. The van der Waals surface area contributed by atoms with Crippen LogP contribution in [0.1, 0.15) is 23.9 Å². The highest BCUT2D eigenvalue weighted by molar-refractivity contribution is 5.17. The molecule has 19 heavy (non-hydrogen) atoms. The second-order valence-electron chi connectivity index (χ2n) is 4.86. The van der Waals surface area contributed by atoms with Crippen molar-refractivity contribution in [2.45, 2.75) is 32.2 Å². The molecule has 102 valence electrons. The first-order valence-corrected chi connectivity index (χ1v) is 6.74. The molecular formula is C15H22N4. The molecule has 0 spiro atoms. The Morgan fingerprint density at radius 3 is 2.58 bits per heavy atom. The van der Waals surface area contributed by atoms with Gasteiger partial charge in [-0.25, -0.2) is 0 Å². The van der Waals surface area contributed by atoms with Gasteiger partial charge < -0.3 is 0 Å². The highest BCUT2D eigenvalue weighted by Crippen LogP contribution is 2.10. The average molecular weight is 258 g/mol. The quantitative estimate of drug-likeness (QED) is 0.611. The van der Waals surface area contributed by atoms with Crippen molar-refractivity contribution in [3.05, 3.63) is 53.3 Å². The molecule has 1 aromatic carbocycles. The molecule has 0 saturated heterocycles. The second-order valence-corrected chi connectivity index (χ2v) is 4.86. The summed E-state index contributed by atoms with van der Waals surface area (Å²) in [4.78, 5) is 0. The highest BCUT2D eigenvalue weighted by Gasteiger charge is 2.12. The van der Waals surface area contributed by atoms with Gasteiger partial charge in [0.2, 0.25) is 0 Å². The Kier molecular flexibility index (Phi) is 4.71. The number of nitrogens with zero attached hydrogens (tertiary/aromatic N) is 2. The van der Waals surface area contributed by atoms with Crippen molar-refractivity contribution >= 4 is 0 Å². The van der Waals surface area contributed by atoms with Crippen molar-refractivity contribution in [1.29, 1.82) is 0 Å². The van der Waals surface area contributed by atoms with E-state index >= 15 is 0 Å². The molecule has 1 heterocycles. The van der Waals surface area contributed by atoms with Gasteiger partial charge >= 0.3 is 0 Å². The Bertz CT molecular complexity index is 504. The lowest BCUT2D eigenvalue weighted by atomic mass is 10.0. The fraction of sp³-hybridized carbons (Fsp3) is 0.400. The Morgan fingerprint density at radius 1 is 1.26 bits per heavy atom. The van der Waals surface area contributed by atoms with Gasteiger partial charge in [-0.15, -0.1) is 0 Å². The summed E-state index contributed by atoms with van der Waals surface area (Å²) in [6.07, 6.45) is 2.77. The summed E-state index contributed by atoms with van der Waals surface area (Å²) in [7, 11) is 1.99. The lowest BCUT2D eigenvalue weighted by molar-refractivity contribution is 0.505. The number of benzene rings is 1. The molecule has 0 aliphatic carbocycles. The van der Waals surface area contributed by atoms with Crippen LogP contribution in [0.5, 0.6) is 0 Å². The normalized spacial score (nSPS) is 12.6. The molecule has 2 rings (SSSR count). The first-order valence-electron chi connectivity index (χ1n) is 6.74. The number of aryl methyl sites for hydroxylation is 2. The van der Waals surface area contributed by atoms with E-state index < -0.39 is 0 Å². The third kappa shape index (κ3) is 3.66. The molecule has 0 saturated carbocycles. The highest BCUT2D eigenvalue weighted by atomic mass is 15.3. The van der Waals surface area contributed by atoms with E-state index in [1.807, 2.05) is 17.8 Å². The standard InChI is InChI=1S/C15H22N4/c1-3-13-10-15(19(2)18-13)11-14(17-16)9-12-7-5-4-6-8-12/h4-8,10,14,17H,3,9,11,16H2,1-2H3. The summed E-state index contributed by atoms with van der Waals surface area (Å²) in [5.41, 5.74) is 6.56. The van der Waals surface area contributed by atoms with E-state index in [9.17, 15) is 0 Å². The number of nitrogens with one attached hydrogen (secondary N) is 1. The molecule has 0 aliphatic heterocycles. The minimum Gasteiger partial charge on any atom is -0.272 e. The van der Waals surface area contributed by atoms with E-state index in [1.165, 1.54) is 11.3 Å². The molecule has 0 aliphatic rings. The lowest BCUT2D eigenvalue weighted by Crippen LogP contribution is -2.38. The predicted octanol–water partition coefficient (Wildman–Crippen LogP) is 1.60. The van der Waals surface area contributed by atoms with Crippen LogP contribution >= 0.6 is 0 Å². The lowest BCUT2D eigenvalue weighted by Gasteiger charge is -2.15. The number of aromatic nitrogens is 2. The molecule has 1 unspecified atom stereocenters. The van der Waals surface area contributed by atoms with Gasteiger partial charge in [-0.1, -0.05) is 37.3 Å². The smallest absolute Gasteiger partial charge is 0.0624 e. The molecule has 1 atom stereocenters. The molecule has 0 amide bonds. The van der Waals surface area contributed by atoms with Crippen molar-refractivity contribution in [2.75, 3.05) is 0 Å². The first kappa shape index (κ1) is 13.8. The van der Waals surface area contributed by atoms with Gasteiger partial charge in [0.1, 0.15) is 0 Å². The van der Waals surface area contributed by atoms with Crippen LogP contribution in [0.2, 0.25) is 0 Å². The average Bonchev–Trinajstić information content (AvgIpc) is 2.80. The SMILES string of the molecule is CCc1cc(CC(Cc2ccccc2)NN)n(C)n1. The summed E-state index contributed by atoms with van der Waals surface area (Å²) >= 11 is 0. The van der Waals surface area contributed by atoms with Gasteiger partial charge in [-0.05, 0) is 24.5 Å². The van der Waals surface area contributed by atoms with Crippen molar-refractivity contribution in [3.8, 4) is 0 Å². The fourth-order valence-electron chi connectivity index (χ4n) is 2.28. The van der Waals surface area contributed by atoms with Gasteiger partial charge in [0.25, 0.3) is 0 Å². The Hall–Kier alpha value is -1.65. The van der Waals surface area contributed by atoms with E-state index in [4.69, 9.17) is 5.84 Å². The summed E-state index contributed by atoms with van der Waals surface area (Å²) < 4.78 is 1.95. The third-order valence-corrected chi connectivity index (χ3v) is 3.41. The van der Waals surface area contributed by atoms with Crippen LogP contribution in [0.4, 0.5) is 0 Å². The minimum atomic E-state index is 0.225. The Morgan fingerprint density at radius 2 is 2.00 bits per heavy atom. The first-order chi connectivity index (χ1) is 9.22. The molecule has 0 bridgehead atoms. The van der Waals surface area contributed by atoms with Crippen molar-refractivity contribution < 1.29 is 0 Å². The van der Waals surface area contributed by atoms with Gasteiger partial charge in [0, 0.05) is 25.2 Å². The summed E-state index contributed by atoms with van der Waals surface area (Å²) in [5.74, 6) is 5.68. The maximum Gasteiger partial charge on any atom is 0.0624 e. The van der Waals surface area contributed by atoms with Gasteiger partial charge in [-0.2, -0.15) is 5.10 Å². The number of rotatable bonds is 6. The molecular weight excluding hydrogens is 236 g/mol.